The summed E-state index contributed by atoms with van der Waals surface area (Å²) < 4.78 is 10.1. The largest absolute Gasteiger partial charge is 0.463 e. The molecule has 2 heterocycles. The zero-order chi connectivity index (χ0) is 25.1. The maximum absolute atomic E-state index is 13.0. The Morgan fingerprint density at radius 2 is 1.82 bits per heavy atom. The van der Waals surface area contributed by atoms with E-state index in [1.807, 2.05) is 0 Å². The Kier molecular flexibility index (Phi) is 7.95. The summed E-state index contributed by atoms with van der Waals surface area (Å²) in [5, 5.41) is 3.24. The van der Waals surface area contributed by atoms with Gasteiger partial charge in [0.25, 0.3) is 5.91 Å². The third kappa shape index (κ3) is 5.73. The van der Waals surface area contributed by atoms with E-state index in [4.69, 9.17) is 9.47 Å². The number of amides is 4. The molecule has 0 unspecified atom stereocenters. The summed E-state index contributed by atoms with van der Waals surface area (Å²) in [6.45, 7) is 7.88. The number of nitrogens with one attached hydrogen (secondary N) is 1. The Balaban J connectivity index is 1.50. The Morgan fingerprint density at radius 3 is 2.44 bits per heavy atom. The van der Waals surface area contributed by atoms with Crippen LogP contribution in [0.15, 0.2) is 11.1 Å². The number of nitrogens with zero attached hydrogens (tertiary/aromatic N) is 2. The molecule has 0 atom stereocenters. The molecular weight excluding hydrogens is 462 g/mol. The van der Waals surface area contributed by atoms with Crippen LogP contribution in [0.4, 0.5) is 4.79 Å². The first-order valence-corrected chi connectivity index (χ1v) is 12.6. The highest BCUT2D eigenvalue weighted by molar-refractivity contribution is 8.04. The molecule has 4 amide bonds. The molecule has 3 aliphatic rings. The van der Waals surface area contributed by atoms with Gasteiger partial charge in [-0.1, -0.05) is 32.5 Å². The molecule has 0 aromatic heterocycles. The Bertz CT molecular complexity index is 887. The van der Waals surface area contributed by atoms with Crippen LogP contribution in [0.25, 0.3) is 0 Å². The van der Waals surface area contributed by atoms with Gasteiger partial charge in [-0.25, -0.2) is 9.59 Å². The molecule has 0 aromatic carbocycles. The van der Waals surface area contributed by atoms with Gasteiger partial charge in [-0.15, -0.1) is 0 Å². The molecule has 2 saturated heterocycles. The van der Waals surface area contributed by atoms with Crippen molar-refractivity contribution < 1.29 is 33.4 Å². The van der Waals surface area contributed by atoms with Crippen molar-refractivity contribution in [1.29, 1.82) is 0 Å². The zero-order valence-electron chi connectivity index (χ0n) is 20.2. The van der Waals surface area contributed by atoms with Crippen molar-refractivity contribution in [2.75, 3.05) is 32.1 Å². The lowest BCUT2D eigenvalue weighted by Gasteiger charge is -2.40. The minimum Gasteiger partial charge on any atom is -0.463 e. The average molecular weight is 496 g/mol. The maximum atomic E-state index is 13.0. The van der Waals surface area contributed by atoms with Crippen LogP contribution in [0, 0.1) is 11.3 Å². The lowest BCUT2D eigenvalue weighted by Crippen LogP contribution is -2.50. The van der Waals surface area contributed by atoms with Crippen LogP contribution in [0.3, 0.4) is 0 Å². The minimum atomic E-state index is -0.939. The number of imide groups is 1. The number of hydrogen-bond donors (Lipinski definition) is 1. The van der Waals surface area contributed by atoms with Gasteiger partial charge in [0.1, 0.15) is 18.7 Å². The molecule has 2 aliphatic heterocycles. The highest BCUT2D eigenvalue weighted by Crippen LogP contribution is 2.43. The number of rotatable bonds is 7. The van der Waals surface area contributed by atoms with Gasteiger partial charge in [0.15, 0.2) is 0 Å². The van der Waals surface area contributed by atoms with Crippen LogP contribution in [0.5, 0.6) is 0 Å². The van der Waals surface area contributed by atoms with Gasteiger partial charge in [0, 0.05) is 0 Å². The second-order valence-electron chi connectivity index (χ2n) is 9.83. The topological polar surface area (TPSA) is 122 Å². The van der Waals surface area contributed by atoms with Crippen LogP contribution in [-0.2, 0) is 28.7 Å². The molecule has 10 nitrogen and oxygen atoms in total. The van der Waals surface area contributed by atoms with E-state index in [2.05, 4.69) is 26.1 Å². The van der Waals surface area contributed by atoms with Crippen LogP contribution in [0.1, 0.15) is 53.4 Å². The van der Waals surface area contributed by atoms with Crippen molar-refractivity contribution in [3.8, 4) is 0 Å². The van der Waals surface area contributed by atoms with Crippen molar-refractivity contribution >= 4 is 41.5 Å². The van der Waals surface area contributed by atoms with Crippen molar-refractivity contribution in [3.05, 3.63) is 11.1 Å². The molecule has 34 heavy (non-hydrogen) atoms. The van der Waals surface area contributed by atoms with Crippen LogP contribution < -0.4 is 5.32 Å². The first-order chi connectivity index (χ1) is 16.0. The molecule has 1 saturated carbocycles. The normalized spacial score (nSPS) is 26.4. The van der Waals surface area contributed by atoms with Gasteiger partial charge in [-0.2, -0.15) is 0 Å². The van der Waals surface area contributed by atoms with Crippen LogP contribution in [0.2, 0.25) is 0 Å². The summed E-state index contributed by atoms with van der Waals surface area (Å²) >= 11 is 1.20. The highest BCUT2D eigenvalue weighted by Gasteiger charge is 2.53. The number of carbonyl (C=O) groups is 5. The highest BCUT2D eigenvalue weighted by atomic mass is 32.2. The van der Waals surface area contributed by atoms with Gasteiger partial charge in [0.2, 0.25) is 5.91 Å². The number of ether oxygens (including phenoxy) is 2. The summed E-state index contributed by atoms with van der Waals surface area (Å²) in [4.78, 5) is 63.9. The van der Waals surface area contributed by atoms with Gasteiger partial charge in [-0.05, 0) is 43.9 Å². The fourth-order valence-electron chi connectivity index (χ4n) is 4.61. The summed E-state index contributed by atoms with van der Waals surface area (Å²) in [5.41, 5.74) is -0.803. The van der Waals surface area contributed by atoms with E-state index in [-0.39, 0.29) is 42.7 Å². The summed E-state index contributed by atoms with van der Waals surface area (Å²) in [5.74, 6) is -1.23. The minimum absolute atomic E-state index is 0.0566. The monoisotopic (exact) mass is 495 g/mol. The van der Waals surface area contributed by atoms with Crippen molar-refractivity contribution in [2.45, 2.75) is 58.9 Å². The molecule has 0 radical (unpaired) electrons. The summed E-state index contributed by atoms with van der Waals surface area (Å²) in [6.07, 6.45) is 4.00. The molecule has 1 N–H and O–H groups in total. The molecule has 11 heteroatoms. The van der Waals surface area contributed by atoms with Gasteiger partial charge in [-0.3, -0.25) is 19.3 Å². The number of esters is 2. The number of urea groups is 1. The van der Waals surface area contributed by atoms with Crippen molar-refractivity contribution in [1.82, 2.24) is 15.1 Å². The lowest BCUT2D eigenvalue weighted by atomic mass is 9.67. The second-order valence-corrected chi connectivity index (χ2v) is 10.8. The van der Waals surface area contributed by atoms with E-state index < -0.39 is 30.1 Å². The van der Waals surface area contributed by atoms with Gasteiger partial charge < -0.3 is 19.7 Å². The van der Waals surface area contributed by atoms with Crippen LogP contribution >= 0.6 is 11.8 Å². The number of hydrogen-bond acceptors (Lipinski definition) is 8. The molecule has 188 valence electrons. The van der Waals surface area contributed by atoms with E-state index in [9.17, 15) is 24.0 Å². The SMILES string of the molecule is CCOC(=O)C=C1SCC(=O)N1CCOC(=O)CN1C(=O)NC2(CCC(C(C)(C)C)CC2)C1=O. The fourth-order valence-corrected chi connectivity index (χ4v) is 5.57. The second kappa shape index (κ2) is 10.4. The third-order valence-electron chi connectivity index (χ3n) is 6.61. The third-order valence-corrected chi connectivity index (χ3v) is 7.64. The molecule has 1 spiro atoms. The van der Waals surface area contributed by atoms with Crippen molar-refractivity contribution in [2.24, 2.45) is 11.3 Å². The first-order valence-electron chi connectivity index (χ1n) is 11.6. The van der Waals surface area contributed by atoms with Gasteiger partial charge >= 0.3 is 18.0 Å². The standard InChI is InChI=1S/C23H33N3O7S/c1-5-32-18(28)12-17-25(16(27)14-34-17)10-11-33-19(29)13-26-20(30)23(24-21(26)31)8-6-15(7-9-23)22(2,3)4/h12,15H,5-11,13-14H2,1-4H3,(H,24,31). The van der Waals surface area contributed by atoms with Crippen LogP contribution in [-0.4, -0.2) is 77.2 Å². The van der Waals surface area contributed by atoms with E-state index in [0.29, 0.717) is 23.8 Å². The number of thioether (sulfide) groups is 1. The Labute approximate surface area is 203 Å². The predicted octanol–water partition coefficient (Wildman–Crippen LogP) is 2.04. The Morgan fingerprint density at radius 1 is 1.15 bits per heavy atom. The smallest absolute Gasteiger partial charge is 0.333 e. The average Bonchev–Trinajstić information content (AvgIpc) is 3.20. The molecule has 3 rings (SSSR count). The van der Waals surface area contributed by atoms with Crippen molar-refractivity contribution in [3.63, 3.8) is 0 Å². The molecule has 0 aromatic rings. The number of carbonyl (C=O) groups excluding carboxylic acids is 5. The maximum Gasteiger partial charge on any atom is 0.333 e. The first kappa shape index (κ1) is 26.1. The quantitative estimate of drug-likeness (QED) is 0.323. The van der Waals surface area contributed by atoms with E-state index >= 15 is 0 Å². The van der Waals surface area contributed by atoms with E-state index in [0.717, 1.165) is 17.7 Å². The van der Waals surface area contributed by atoms with Gasteiger partial charge in [0.05, 0.1) is 30.0 Å². The molecule has 3 fully saturated rings. The molecular formula is C23H33N3O7S. The molecule has 0 bridgehead atoms. The predicted molar refractivity (Wildman–Crippen MR) is 124 cm³/mol. The summed E-state index contributed by atoms with van der Waals surface area (Å²) in [6, 6.07) is -0.582. The lowest BCUT2D eigenvalue weighted by molar-refractivity contribution is -0.149. The molecule has 1 aliphatic carbocycles. The van der Waals surface area contributed by atoms with E-state index in [1.54, 1.807) is 6.92 Å². The fraction of sp³-hybridized carbons (Fsp3) is 0.696. The Hall–Kier alpha value is -2.56. The van der Waals surface area contributed by atoms with E-state index in [1.165, 1.54) is 22.7 Å². The summed E-state index contributed by atoms with van der Waals surface area (Å²) in [7, 11) is 0. The zero-order valence-corrected chi connectivity index (χ0v) is 21.0.